The number of nitrogens with zero attached hydrogens (tertiary/aromatic N) is 5. The van der Waals surface area contributed by atoms with E-state index in [0.717, 1.165) is 40.9 Å². The van der Waals surface area contributed by atoms with Gasteiger partial charge in [-0.05, 0) is 47.1 Å². The van der Waals surface area contributed by atoms with Crippen LogP contribution < -0.4 is 0 Å². The summed E-state index contributed by atoms with van der Waals surface area (Å²) < 4.78 is 2.50. The minimum Gasteiger partial charge on any atom is -0.686 e. The summed E-state index contributed by atoms with van der Waals surface area (Å²) in [5.74, 6) is 2.35. The van der Waals surface area contributed by atoms with E-state index in [2.05, 4.69) is 139 Å². The van der Waals surface area contributed by atoms with Crippen LogP contribution in [-0.4, -0.2) is 33.3 Å². The van der Waals surface area contributed by atoms with Crippen molar-refractivity contribution in [1.29, 1.82) is 0 Å². The standard InChI is InChI=1S/C39H27N4S2.C14H14N.W/c1-3-10-24(11-4-1)37-41-38(25-12-5-2-6-13-25)43-39(42-37)28-14-9-17-34-36(28)29-22-26(19-21-32(29)44-34)27-18-20-31-35(23-27)45-33-16-8-7-15-30(33)40-31;1-15-14(12-8-4-2-5-9-12)13-10-6-3-7-11-13;/h1-17,19-23,27,30,33H,18H2;2-10H,11H2,1H3;/q2*-1;+2/b;14-13-;. The molecule has 0 N–H and O–H groups in total. The molecule has 3 aliphatic carbocycles. The van der Waals surface area contributed by atoms with Gasteiger partial charge in [0.05, 0.1) is 0 Å². The smallest absolute Gasteiger partial charge is 0.686 e. The van der Waals surface area contributed by atoms with E-state index in [-0.39, 0.29) is 27.1 Å². The first-order valence-corrected chi connectivity index (χ1v) is 22.1. The first-order chi connectivity index (χ1) is 29.7. The molecule has 4 aliphatic rings. The van der Waals surface area contributed by atoms with E-state index in [0.29, 0.717) is 28.6 Å². The van der Waals surface area contributed by atoms with Crippen LogP contribution >= 0.6 is 23.1 Å². The maximum Gasteiger partial charge on any atom is 2.00 e. The molecule has 0 amide bonds. The Morgan fingerprint density at radius 3 is 2.11 bits per heavy atom. The van der Waals surface area contributed by atoms with Crippen molar-refractivity contribution < 1.29 is 21.1 Å². The number of hydrogen-bond donors (Lipinski definition) is 0. The van der Waals surface area contributed by atoms with Crippen LogP contribution in [0.5, 0.6) is 0 Å². The second-order valence-corrected chi connectivity index (χ2v) is 17.3. The SMILES string of the molecule is C1=CC2[N-]C3=CCC(c4ccc5sc6cccc(-c7nc(-c8ccccc8)nc(-c8ccccc8)n7)c6c5c4)C=C3SC2C=C1.C[N-]/C(=C1/C=CC=CC1)c1ccccc1.[W+2]. The average molecular weight is 996 g/mol. The summed E-state index contributed by atoms with van der Waals surface area (Å²) in [5.41, 5.74) is 9.02. The third-order valence-corrected chi connectivity index (χ3v) is 13.6. The topological polar surface area (TPSA) is 66.9 Å². The van der Waals surface area contributed by atoms with E-state index in [1.165, 1.54) is 41.8 Å². The van der Waals surface area contributed by atoms with Crippen LogP contribution in [-0.2, 0) is 21.1 Å². The first-order valence-electron chi connectivity index (χ1n) is 20.4. The predicted molar refractivity (Wildman–Crippen MR) is 255 cm³/mol. The van der Waals surface area contributed by atoms with Gasteiger partial charge in [0.15, 0.2) is 17.5 Å². The van der Waals surface area contributed by atoms with Gasteiger partial charge in [-0.15, -0.1) is 41.5 Å². The number of thiophene rings is 1. The molecule has 3 unspecified atom stereocenters. The summed E-state index contributed by atoms with van der Waals surface area (Å²) in [6.07, 6.45) is 23.9. The van der Waals surface area contributed by atoms with Gasteiger partial charge in [-0.2, -0.15) is 0 Å². The zero-order chi connectivity index (χ0) is 40.3. The van der Waals surface area contributed by atoms with E-state index in [1.54, 1.807) is 0 Å². The van der Waals surface area contributed by atoms with Gasteiger partial charge in [0.1, 0.15) is 0 Å². The summed E-state index contributed by atoms with van der Waals surface area (Å²) in [5, 5.41) is 12.3. The second-order valence-electron chi connectivity index (χ2n) is 15.0. The van der Waals surface area contributed by atoms with Gasteiger partial charge in [-0.1, -0.05) is 182 Å². The molecule has 61 heavy (non-hydrogen) atoms. The second kappa shape index (κ2) is 18.4. The zero-order valence-electron chi connectivity index (χ0n) is 33.5. The van der Waals surface area contributed by atoms with E-state index in [9.17, 15) is 0 Å². The molecule has 3 atom stereocenters. The molecule has 2 aromatic heterocycles. The van der Waals surface area contributed by atoms with Crippen LogP contribution in [0.3, 0.4) is 0 Å². The largest absolute Gasteiger partial charge is 2.00 e. The molecule has 0 spiro atoms. The summed E-state index contributed by atoms with van der Waals surface area (Å²) in [4.78, 5) is 16.4. The Kier molecular flexibility index (Phi) is 12.2. The van der Waals surface area contributed by atoms with E-state index in [4.69, 9.17) is 20.3 Å². The third-order valence-electron chi connectivity index (χ3n) is 11.1. The fourth-order valence-electron chi connectivity index (χ4n) is 8.16. The molecule has 8 heteroatoms. The van der Waals surface area contributed by atoms with E-state index < -0.39 is 0 Å². The van der Waals surface area contributed by atoms with Crippen molar-refractivity contribution in [2.45, 2.75) is 30.1 Å². The fraction of sp³-hybridized carbons (Fsp3) is 0.113. The van der Waals surface area contributed by atoms with Gasteiger partial charge in [0, 0.05) is 48.0 Å². The number of hydrogen-bond acceptors (Lipinski definition) is 5. The van der Waals surface area contributed by atoms with Gasteiger partial charge in [0.2, 0.25) is 0 Å². The van der Waals surface area contributed by atoms with Gasteiger partial charge in [-0.25, -0.2) is 15.0 Å². The van der Waals surface area contributed by atoms with Gasteiger partial charge in [0.25, 0.3) is 0 Å². The monoisotopic (exact) mass is 995 g/mol. The molecule has 11 rings (SSSR count). The van der Waals surface area contributed by atoms with E-state index in [1.807, 2.05) is 84.7 Å². The molecule has 0 radical (unpaired) electrons. The minimum atomic E-state index is 0. The van der Waals surface area contributed by atoms with Crippen molar-refractivity contribution in [3.63, 3.8) is 0 Å². The molecule has 3 heterocycles. The maximum atomic E-state index is 5.07. The maximum absolute atomic E-state index is 5.07. The van der Waals surface area contributed by atoms with Crippen molar-refractivity contribution >= 4 is 49.0 Å². The van der Waals surface area contributed by atoms with Crippen molar-refractivity contribution in [1.82, 2.24) is 15.0 Å². The summed E-state index contributed by atoms with van der Waals surface area (Å²) in [7, 11) is 1.85. The first kappa shape index (κ1) is 40.5. The number of rotatable bonds is 6. The third kappa shape index (κ3) is 8.56. The van der Waals surface area contributed by atoms with Crippen LogP contribution in [0.15, 0.2) is 204 Å². The van der Waals surface area contributed by atoms with Crippen LogP contribution in [0.2, 0.25) is 0 Å². The van der Waals surface area contributed by atoms with Crippen LogP contribution in [0.4, 0.5) is 0 Å². The average Bonchev–Trinajstić information content (AvgIpc) is 3.71. The van der Waals surface area contributed by atoms with Gasteiger partial charge in [-0.3, -0.25) is 0 Å². The Hall–Kier alpha value is -5.85. The molecule has 0 bridgehead atoms. The van der Waals surface area contributed by atoms with Crippen molar-refractivity contribution in [3.05, 3.63) is 226 Å². The normalized spacial score (nSPS) is 19.3. The van der Waals surface area contributed by atoms with Crippen LogP contribution in [0, 0.1) is 0 Å². The molecule has 5 nitrogen and oxygen atoms in total. The number of benzene rings is 5. The van der Waals surface area contributed by atoms with Crippen LogP contribution in [0.1, 0.15) is 29.9 Å². The molecular formula is C53H41N5S2W. The zero-order valence-corrected chi connectivity index (χ0v) is 38.1. The summed E-state index contributed by atoms with van der Waals surface area (Å²) in [6.45, 7) is 0. The molecule has 7 aromatic rings. The molecule has 5 aromatic carbocycles. The fourth-order valence-corrected chi connectivity index (χ4v) is 10.5. The Balaban J connectivity index is 0.000000253. The summed E-state index contributed by atoms with van der Waals surface area (Å²) in [6, 6.07) is 44.4. The number of allylic oxidation sites excluding steroid dienone is 9. The molecule has 1 aliphatic heterocycles. The quantitative estimate of drug-likeness (QED) is 0.166. The van der Waals surface area contributed by atoms with E-state index >= 15 is 0 Å². The van der Waals surface area contributed by atoms with Crippen molar-refractivity contribution in [2.75, 3.05) is 7.05 Å². The molecule has 296 valence electrons. The molecule has 1 fully saturated rings. The molecule has 0 saturated carbocycles. The molecular weight excluding hydrogens is 955 g/mol. The van der Waals surface area contributed by atoms with Crippen molar-refractivity contribution in [3.8, 4) is 34.2 Å². The number of thioether (sulfide) groups is 1. The Morgan fingerprint density at radius 1 is 0.705 bits per heavy atom. The summed E-state index contributed by atoms with van der Waals surface area (Å²) >= 11 is 3.77. The van der Waals surface area contributed by atoms with Gasteiger partial charge < -0.3 is 10.6 Å². The molecule has 1 saturated heterocycles. The minimum absolute atomic E-state index is 0. The Bertz CT molecular complexity index is 2870. The Morgan fingerprint density at radius 2 is 1.41 bits per heavy atom. The van der Waals surface area contributed by atoms with Crippen molar-refractivity contribution in [2.24, 2.45) is 0 Å². The number of fused-ring (bicyclic) bond motifs is 5. The van der Waals surface area contributed by atoms with Crippen LogP contribution in [0.25, 0.3) is 70.7 Å². The van der Waals surface area contributed by atoms with Gasteiger partial charge >= 0.3 is 21.1 Å². The predicted octanol–water partition coefficient (Wildman–Crippen LogP) is 14.4. The Labute approximate surface area is 379 Å². The number of aromatic nitrogens is 3.